The third-order valence-corrected chi connectivity index (χ3v) is 5.68. The molecule has 7 heteroatoms. The molecule has 0 radical (unpaired) electrons. The zero-order chi connectivity index (χ0) is 24.6. The van der Waals surface area contributed by atoms with E-state index in [4.69, 9.17) is 4.74 Å². The first-order valence-electron chi connectivity index (χ1n) is 11.7. The summed E-state index contributed by atoms with van der Waals surface area (Å²) in [5.41, 5.74) is 3.41. The van der Waals surface area contributed by atoms with Crippen LogP contribution in [0.1, 0.15) is 41.4 Å². The van der Waals surface area contributed by atoms with E-state index in [0.29, 0.717) is 25.3 Å². The van der Waals surface area contributed by atoms with Gasteiger partial charge in [-0.25, -0.2) is 0 Å². The van der Waals surface area contributed by atoms with Crippen LogP contribution in [0, 0.1) is 0 Å². The zero-order valence-electron chi connectivity index (χ0n) is 19.5. The van der Waals surface area contributed by atoms with Gasteiger partial charge in [0.25, 0.3) is 5.91 Å². The molecule has 0 saturated carbocycles. The SMILES string of the molecule is CCCCNC(=O)c1ccc2c(c1)cc(COc1ccccc1)n2Cc1ccc(OC(F)F)cc1. The number of nitrogens with one attached hydrogen (secondary N) is 1. The fraction of sp³-hybridized carbons (Fsp3) is 0.250. The van der Waals surface area contributed by atoms with Crippen LogP contribution >= 0.6 is 0 Å². The Balaban J connectivity index is 1.62. The quantitative estimate of drug-likeness (QED) is 0.254. The van der Waals surface area contributed by atoms with E-state index in [1.807, 2.05) is 54.6 Å². The molecule has 1 aromatic heterocycles. The number of amides is 1. The van der Waals surface area contributed by atoms with Crippen molar-refractivity contribution in [2.24, 2.45) is 0 Å². The summed E-state index contributed by atoms with van der Waals surface area (Å²) in [7, 11) is 0. The number of halogens is 2. The van der Waals surface area contributed by atoms with Gasteiger partial charge in [-0.3, -0.25) is 4.79 Å². The largest absolute Gasteiger partial charge is 0.487 e. The van der Waals surface area contributed by atoms with Crippen LogP contribution in [0.25, 0.3) is 10.9 Å². The molecule has 182 valence electrons. The van der Waals surface area contributed by atoms with E-state index in [0.717, 1.165) is 40.8 Å². The Bertz CT molecular complexity index is 1250. The number of alkyl halides is 2. The minimum absolute atomic E-state index is 0.0928. The van der Waals surface area contributed by atoms with Gasteiger partial charge < -0.3 is 19.4 Å². The smallest absolute Gasteiger partial charge is 0.387 e. The molecule has 3 aromatic carbocycles. The van der Waals surface area contributed by atoms with Crippen LogP contribution in [-0.4, -0.2) is 23.6 Å². The molecule has 4 rings (SSSR count). The van der Waals surface area contributed by atoms with Crippen LogP contribution in [0.15, 0.2) is 78.9 Å². The summed E-state index contributed by atoms with van der Waals surface area (Å²) in [5.74, 6) is 0.783. The first kappa shape index (κ1) is 24.3. The van der Waals surface area contributed by atoms with Crippen molar-refractivity contribution in [1.82, 2.24) is 9.88 Å². The standard InChI is InChI=1S/C28H28F2N2O3/c1-2-3-15-31-27(33)21-11-14-26-22(16-21)17-23(19-34-24-7-5-4-6-8-24)32(26)18-20-9-12-25(13-10-20)35-28(29)30/h4-14,16-17,28H,2-3,15,18-19H2,1H3,(H,31,33). The maximum Gasteiger partial charge on any atom is 0.387 e. The number of fused-ring (bicyclic) bond motifs is 1. The molecule has 35 heavy (non-hydrogen) atoms. The van der Waals surface area contributed by atoms with Crippen LogP contribution < -0.4 is 14.8 Å². The van der Waals surface area contributed by atoms with Gasteiger partial charge in [0.05, 0.1) is 5.69 Å². The molecule has 0 aliphatic rings. The molecule has 4 aromatic rings. The van der Waals surface area contributed by atoms with Gasteiger partial charge in [0.2, 0.25) is 0 Å². The van der Waals surface area contributed by atoms with Crippen molar-refractivity contribution in [3.8, 4) is 11.5 Å². The normalized spacial score (nSPS) is 11.1. The predicted molar refractivity (Wildman–Crippen MR) is 132 cm³/mol. The van der Waals surface area contributed by atoms with E-state index in [1.165, 1.54) is 12.1 Å². The molecule has 0 atom stereocenters. The molecule has 5 nitrogen and oxygen atoms in total. The highest BCUT2D eigenvalue weighted by Gasteiger charge is 2.14. The molecule has 0 fully saturated rings. The highest BCUT2D eigenvalue weighted by molar-refractivity contribution is 5.98. The Kier molecular flexibility index (Phi) is 7.98. The lowest BCUT2D eigenvalue weighted by Crippen LogP contribution is -2.24. The van der Waals surface area contributed by atoms with Crippen LogP contribution in [0.3, 0.4) is 0 Å². The van der Waals surface area contributed by atoms with Gasteiger partial charge in [0.1, 0.15) is 18.1 Å². The molecule has 1 amide bonds. The molecule has 0 saturated heterocycles. The molecule has 1 N–H and O–H groups in total. The summed E-state index contributed by atoms with van der Waals surface area (Å²) in [6, 6.07) is 23.8. The topological polar surface area (TPSA) is 52.5 Å². The van der Waals surface area contributed by atoms with Crippen molar-refractivity contribution in [1.29, 1.82) is 0 Å². The Morgan fingerprint density at radius 2 is 1.74 bits per heavy atom. The van der Waals surface area contributed by atoms with Gasteiger partial charge >= 0.3 is 6.61 Å². The number of aromatic nitrogens is 1. The number of benzene rings is 3. The minimum atomic E-state index is -2.86. The van der Waals surface area contributed by atoms with Crippen molar-refractivity contribution in [2.75, 3.05) is 6.54 Å². The first-order valence-corrected chi connectivity index (χ1v) is 11.7. The second-order valence-corrected chi connectivity index (χ2v) is 8.23. The van der Waals surface area contributed by atoms with Gasteiger partial charge in [-0.2, -0.15) is 8.78 Å². The van der Waals surface area contributed by atoms with Gasteiger partial charge in [0.15, 0.2) is 0 Å². The molecule has 0 spiro atoms. The Morgan fingerprint density at radius 3 is 2.46 bits per heavy atom. The number of hydrogen-bond acceptors (Lipinski definition) is 3. The molecule has 0 aliphatic heterocycles. The summed E-state index contributed by atoms with van der Waals surface area (Å²) < 4.78 is 37.5. The van der Waals surface area contributed by atoms with Crippen molar-refractivity contribution in [2.45, 2.75) is 39.5 Å². The summed E-state index contributed by atoms with van der Waals surface area (Å²) in [5, 5.41) is 3.88. The first-order chi connectivity index (χ1) is 17.0. The average molecular weight is 479 g/mol. The summed E-state index contributed by atoms with van der Waals surface area (Å²) in [6.45, 7) is 0.719. The lowest BCUT2D eigenvalue weighted by atomic mass is 10.1. The van der Waals surface area contributed by atoms with Crippen molar-refractivity contribution >= 4 is 16.8 Å². The number of ether oxygens (including phenoxy) is 2. The third-order valence-electron chi connectivity index (χ3n) is 5.68. The fourth-order valence-electron chi connectivity index (χ4n) is 3.89. The number of rotatable bonds is 11. The second kappa shape index (κ2) is 11.5. The molecular formula is C28H28F2N2O3. The summed E-state index contributed by atoms with van der Waals surface area (Å²) in [6.07, 6.45) is 1.95. The van der Waals surface area contributed by atoms with Gasteiger partial charge in [0, 0.05) is 29.6 Å². The molecule has 0 bridgehead atoms. The minimum Gasteiger partial charge on any atom is -0.487 e. The molecule has 1 heterocycles. The van der Waals surface area contributed by atoms with Crippen LogP contribution in [0.4, 0.5) is 8.78 Å². The Morgan fingerprint density at radius 1 is 0.971 bits per heavy atom. The molecular weight excluding hydrogens is 450 g/mol. The highest BCUT2D eigenvalue weighted by Crippen LogP contribution is 2.25. The van der Waals surface area contributed by atoms with E-state index in [9.17, 15) is 13.6 Å². The van der Waals surface area contributed by atoms with E-state index >= 15 is 0 Å². The monoisotopic (exact) mass is 478 g/mol. The van der Waals surface area contributed by atoms with E-state index in [-0.39, 0.29) is 11.7 Å². The molecule has 0 unspecified atom stereocenters. The maximum absolute atomic E-state index is 12.6. The number of hydrogen-bond donors (Lipinski definition) is 1. The number of nitrogens with zero attached hydrogens (tertiary/aromatic N) is 1. The lowest BCUT2D eigenvalue weighted by Gasteiger charge is -2.13. The Hall–Kier alpha value is -3.87. The van der Waals surface area contributed by atoms with E-state index < -0.39 is 6.61 Å². The zero-order valence-corrected chi connectivity index (χ0v) is 19.5. The van der Waals surface area contributed by atoms with Gasteiger partial charge in [-0.05, 0) is 60.5 Å². The predicted octanol–water partition coefficient (Wildman–Crippen LogP) is 6.40. The second-order valence-electron chi connectivity index (χ2n) is 8.23. The van der Waals surface area contributed by atoms with Crippen molar-refractivity contribution in [3.05, 3.63) is 95.7 Å². The summed E-state index contributed by atoms with van der Waals surface area (Å²) >= 11 is 0. The number of carbonyl (C=O) groups is 1. The average Bonchev–Trinajstić information content (AvgIpc) is 3.20. The van der Waals surface area contributed by atoms with Gasteiger partial charge in [-0.1, -0.05) is 43.7 Å². The maximum atomic E-state index is 12.6. The van der Waals surface area contributed by atoms with Crippen LogP contribution in [-0.2, 0) is 13.2 Å². The summed E-state index contributed by atoms with van der Waals surface area (Å²) in [4.78, 5) is 12.6. The lowest BCUT2D eigenvalue weighted by molar-refractivity contribution is -0.0498. The van der Waals surface area contributed by atoms with Crippen molar-refractivity contribution in [3.63, 3.8) is 0 Å². The van der Waals surface area contributed by atoms with E-state index in [1.54, 1.807) is 12.1 Å². The highest BCUT2D eigenvalue weighted by atomic mass is 19.3. The Labute approximate surface area is 203 Å². The number of unbranched alkanes of at least 4 members (excludes halogenated alkanes) is 1. The number of carbonyl (C=O) groups excluding carboxylic acids is 1. The number of para-hydroxylation sites is 1. The van der Waals surface area contributed by atoms with Crippen molar-refractivity contribution < 1.29 is 23.0 Å². The fourth-order valence-corrected chi connectivity index (χ4v) is 3.89. The molecule has 0 aliphatic carbocycles. The van der Waals surface area contributed by atoms with Gasteiger partial charge in [-0.15, -0.1) is 0 Å². The van der Waals surface area contributed by atoms with E-state index in [2.05, 4.69) is 21.5 Å². The van der Waals surface area contributed by atoms with Crippen LogP contribution in [0.2, 0.25) is 0 Å². The third kappa shape index (κ3) is 6.38. The van der Waals surface area contributed by atoms with Crippen LogP contribution in [0.5, 0.6) is 11.5 Å².